The minimum absolute atomic E-state index is 0.0995. The number of ether oxygens (including phenoxy) is 1. The molecule has 46 heavy (non-hydrogen) atoms. The summed E-state index contributed by atoms with van der Waals surface area (Å²) >= 11 is 0. The van der Waals surface area contributed by atoms with Crippen LogP contribution in [0.4, 0.5) is 5.69 Å². The van der Waals surface area contributed by atoms with Crippen LogP contribution in [0.1, 0.15) is 58.3 Å². The lowest BCUT2D eigenvalue weighted by Gasteiger charge is -2.24. The molecule has 2 amide bonds. The number of hydrogen-bond donors (Lipinski definition) is 2. The van der Waals surface area contributed by atoms with Gasteiger partial charge in [0.2, 0.25) is 5.91 Å². The highest BCUT2D eigenvalue weighted by Crippen LogP contribution is 2.35. The molecule has 2 N–H and O–H groups in total. The highest BCUT2D eigenvalue weighted by atomic mass is 32.2. The fourth-order valence-electron chi connectivity index (χ4n) is 5.72. The number of fused-ring (bicyclic) bond motifs is 1. The molecular formula is C35H40N4O6S. The van der Waals surface area contributed by atoms with Gasteiger partial charge in [-0.1, -0.05) is 36.4 Å². The molecule has 0 fully saturated rings. The van der Waals surface area contributed by atoms with Crippen molar-refractivity contribution >= 4 is 27.6 Å². The largest absolute Gasteiger partial charge is 0.493 e. The Morgan fingerprint density at radius 1 is 1.04 bits per heavy atom. The van der Waals surface area contributed by atoms with Crippen LogP contribution in [-0.4, -0.2) is 60.0 Å². The fourth-order valence-corrected chi connectivity index (χ4v) is 6.08. The van der Waals surface area contributed by atoms with Crippen molar-refractivity contribution in [1.29, 1.82) is 0 Å². The summed E-state index contributed by atoms with van der Waals surface area (Å²) in [5.74, 6) is -0.00821. The van der Waals surface area contributed by atoms with Crippen LogP contribution in [0.15, 0.2) is 73.1 Å². The van der Waals surface area contributed by atoms with Crippen LogP contribution in [0.5, 0.6) is 5.75 Å². The molecule has 4 aromatic rings. The van der Waals surface area contributed by atoms with Crippen LogP contribution >= 0.6 is 0 Å². The van der Waals surface area contributed by atoms with Gasteiger partial charge in [-0.15, -0.1) is 0 Å². The molecule has 1 aliphatic heterocycles. The molecule has 5 rings (SSSR count). The summed E-state index contributed by atoms with van der Waals surface area (Å²) in [7, 11) is -4.15. The smallest absolute Gasteiger partial charge is 0.266 e. The third kappa shape index (κ3) is 8.41. The number of anilines is 1. The number of aromatic nitrogens is 2. The van der Waals surface area contributed by atoms with Gasteiger partial charge in [-0.2, -0.15) is 13.5 Å². The maximum Gasteiger partial charge on any atom is 0.266 e. The Morgan fingerprint density at radius 2 is 1.85 bits per heavy atom. The van der Waals surface area contributed by atoms with Gasteiger partial charge in [-0.05, 0) is 91.6 Å². The van der Waals surface area contributed by atoms with Gasteiger partial charge in [-0.25, -0.2) is 0 Å². The molecule has 1 aliphatic rings. The average Bonchev–Trinajstić information content (AvgIpc) is 3.37. The van der Waals surface area contributed by atoms with Gasteiger partial charge in [0.1, 0.15) is 5.75 Å². The third-order valence-electron chi connectivity index (χ3n) is 8.27. The van der Waals surface area contributed by atoms with E-state index in [4.69, 9.17) is 9.29 Å². The number of rotatable bonds is 12. The van der Waals surface area contributed by atoms with Gasteiger partial charge in [-0.3, -0.25) is 18.8 Å². The Balaban J connectivity index is 1.24. The zero-order valence-corrected chi connectivity index (χ0v) is 27.1. The second-order valence-corrected chi connectivity index (χ2v) is 13.2. The van der Waals surface area contributed by atoms with Crippen LogP contribution in [0.25, 0.3) is 11.1 Å². The van der Waals surface area contributed by atoms with E-state index in [-0.39, 0.29) is 12.5 Å². The van der Waals surface area contributed by atoms with Crippen LogP contribution < -0.4 is 15.0 Å². The van der Waals surface area contributed by atoms with Gasteiger partial charge in [0.15, 0.2) is 0 Å². The molecule has 11 heteroatoms. The Kier molecular flexibility index (Phi) is 10.5. The van der Waals surface area contributed by atoms with Gasteiger partial charge < -0.3 is 15.0 Å². The van der Waals surface area contributed by atoms with Crippen molar-refractivity contribution in [2.24, 2.45) is 0 Å². The van der Waals surface area contributed by atoms with E-state index >= 15 is 0 Å². The quantitative estimate of drug-likeness (QED) is 0.157. The SMILES string of the molecule is Cc1cccc(OCCCC(=O)N2CCCCc3c(-c4cnn(Cc5cccc(C(=O)NCCS(=O)(=O)O)c5)c4)cccc32)c1C. The highest BCUT2D eigenvalue weighted by Gasteiger charge is 2.23. The normalized spacial score (nSPS) is 13.2. The number of hydrogen-bond acceptors (Lipinski definition) is 6. The first-order valence-corrected chi connectivity index (χ1v) is 17.2. The molecule has 0 bridgehead atoms. The number of carbonyl (C=O) groups is 2. The van der Waals surface area contributed by atoms with Crippen molar-refractivity contribution in [1.82, 2.24) is 15.1 Å². The maximum atomic E-state index is 13.5. The lowest BCUT2D eigenvalue weighted by atomic mass is 9.97. The molecule has 10 nitrogen and oxygen atoms in total. The predicted octanol–water partition coefficient (Wildman–Crippen LogP) is 5.36. The standard InChI is InChI=1S/C35H40N4O6S/c1-25-9-5-15-33(26(25)2)45-19-8-16-34(40)39-18-4-3-12-31-30(13-7-14-32(31)39)29-22-37-38(24-29)23-27-10-6-11-28(21-27)35(41)36-17-20-46(42,43)44/h5-7,9-11,13-15,21-22,24H,3-4,8,12,16-20,23H2,1-2H3,(H,36,41)(H,42,43,44). The number of carbonyl (C=O) groups excluding carboxylic acids is 2. The van der Waals surface area contributed by atoms with Crippen molar-refractivity contribution in [3.8, 4) is 16.9 Å². The summed E-state index contributed by atoms with van der Waals surface area (Å²) in [6.07, 6.45) is 7.61. The van der Waals surface area contributed by atoms with E-state index < -0.39 is 21.8 Å². The minimum atomic E-state index is -4.15. The number of benzene rings is 3. The van der Waals surface area contributed by atoms with Crippen molar-refractivity contribution in [2.45, 2.75) is 52.5 Å². The predicted molar refractivity (Wildman–Crippen MR) is 178 cm³/mol. The topological polar surface area (TPSA) is 131 Å². The molecule has 3 aromatic carbocycles. The molecule has 0 spiro atoms. The van der Waals surface area contributed by atoms with Gasteiger partial charge in [0.05, 0.1) is 25.1 Å². The van der Waals surface area contributed by atoms with Crippen molar-refractivity contribution in [2.75, 3.05) is 30.3 Å². The summed E-state index contributed by atoms with van der Waals surface area (Å²) in [6.45, 7) is 5.52. The van der Waals surface area contributed by atoms with Gasteiger partial charge in [0, 0.05) is 42.5 Å². The lowest BCUT2D eigenvalue weighted by Crippen LogP contribution is -2.31. The van der Waals surface area contributed by atoms with E-state index in [1.807, 2.05) is 54.5 Å². The van der Waals surface area contributed by atoms with E-state index in [1.165, 1.54) is 5.56 Å². The first kappa shape index (κ1) is 32.9. The minimum Gasteiger partial charge on any atom is -0.493 e. The Morgan fingerprint density at radius 3 is 2.67 bits per heavy atom. The van der Waals surface area contributed by atoms with Crippen LogP contribution in [0.3, 0.4) is 0 Å². The second kappa shape index (κ2) is 14.7. The highest BCUT2D eigenvalue weighted by molar-refractivity contribution is 7.85. The Hall–Kier alpha value is -4.48. The molecule has 0 unspecified atom stereocenters. The van der Waals surface area contributed by atoms with Crippen LogP contribution in [0, 0.1) is 13.8 Å². The van der Waals surface area contributed by atoms with E-state index in [1.54, 1.807) is 22.9 Å². The molecule has 1 aromatic heterocycles. The fraction of sp³-hybridized carbons (Fsp3) is 0.343. The molecular weight excluding hydrogens is 604 g/mol. The summed E-state index contributed by atoms with van der Waals surface area (Å²) in [4.78, 5) is 27.9. The zero-order chi connectivity index (χ0) is 32.7. The summed E-state index contributed by atoms with van der Waals surface area (Å²) in [5.41, 5.74) is 7.64. The first-order chi connectivity index (χ1) is 22.1. The second-order valence-electron chi connectivity index (χ2n) is 11.6. The maximum absolute atomic E-state index is 13.5. The Bertz CT molecular complexity index is 1820. The molecule has 2 heterocycles. The van der Waals surface area contributed by atoms with Crippen molar-refractivity contribution in [3.63, 3.8) is 0 Å². The molecule has 0 aliphatic carbocycles. The lowest BCUT2D eigenvalue weighted by molar-refractivity contribution is -0.118. The van der Waals surface area contributed by atoms with Crippen LogP contribution in [-0.2, 0) is 27.9 Å². The van der Waals surface area contributed by atoms with Gasteiger partial charge in [0.25, 0.3) is 16.0 Å². The van der Waals surface area contributed by atoms with E-state index in [0.717, 1.165) is 58.5 Å². The van der Waals surface area contributed by atoms with Crippen molar-refractivity contribution in [3.05, 3.63) is 101 Å². The number of nitrogens with one attached hydrogen (secondary N) is 1. The van der Waals surface area contributed by atoms with E-state index in [9.17, 15) is 18.0 Å². The molecule has 0 saturated carbocycles. The summed E-state index contributed by atoms with van der Waals surface area (Å²) < 4.78 is 38.5. The van der Waals surface area contributed by atoms with Crippen molar-refractivity contribution < 1.29 is 27.3 Å². The van der Waals surface area contributed by atoms with E-state index in [0.29, 0.717) is 38.1 Å². The van der Waals surface area contributed by atoms with Gasteiger partial charge >= 0.3 is 0 Å². The average molecular weight is 645 g/mol. The summed E-state index contributed by atoms with van der Waals surface area (Å²) in [5, 5.41) is 7.09. The molecule has 0 atom stereocenters. The third-order valence-corrected chi connectivity index (χ3v) is 8.99. The zero-order valence-electron chi connectivity index (χ0n) is 26.2. The number of aryl methyl sites for hydroxylation is 1. The molecule has 242 valence electrons. The first-order valence-electron chi connectivity index (χ1n) is 15.6. The molecule has 0 radical (unpaired) electrons. The van der Waals surface area contributed by atoms with E-state index in [2.05, 4.69) is 29.5 Å². The molecule has 0 saturated heterocycles. The summed E-state index contributed by atoms with van der Waals surface area (Å²) in [6, 6.07) is 19.1. The number of amides is 2. The number of nitrogens with zero attached hydrogens (tertiary/aromatic N) is 3. The van der Waals surface area contributed by atoms with Crippen LogP contribution in [0.2, 0.25) is 0 Å². The Labute approximate surface area is 270 Å². The monoisotopic (exact) mass is 644 g/mol.